The third-order valence-electron chi connectivity index (χ3n) is 3.51. The molecular weight excluding hydrogens is 226 g/mol. The van der Waals surface area contributed by atoms with E-state index in [1.807, 2.05) is 24.4 Å². The summed E-state index contributed by atoms with van der Waals surface area (Å²) in [5.74, 6) is 1.43. The molecule has 0 aromatic carbocycles. The van der Waals surface area contributed by atoms with Crippen LogP contribution >= 0.6 is 0 Å². The molecule has 0 radical (unpaired) electrons. The third kappa shape index (κ3) is 2.46. The molecule has 1 atom stereocenters. The molecule has 2 aromatic rings. The Kier molecular flexibility index (Phi) is 3.15. The van der Waals surface area contributed by atoms with Crippen LogP contribution in [0.3, 0.4) is 0 Å². The molecule has 3 rings (SSSR count). The quantitative estimate of drug-likeness (QED) is 0.889. The predicted molar refractivity (Wildman–Crippen MR) is 71.7 cm³/mol. The molecule has 1 aliphatic heterocycles. The zero-order chi connectivity index (χ0) is 12.4. The molecule has 5 heteroatoms. The van der Waals surface area contributed by atoms with E-state index in [1.54, 1.807) is 4.52 Å². The van der Waals surface area contributed by atoms with Gasteiger partial charge in [-0.3, -0.25) is 0 Å². The van der Waals surface area contributed by atoms with Crippen molar-refractivity contribution in [3.63, 3.8) is 0 Å². The molecule has 0 bridgehead atoms. The fourth-order valence-corrected chi connectivity index (χ4v) is 2.58. The molecule has 1 N–H and O–H groups in total. The molecule has 1 fully saturated rings. The monoisotopic (exact) mass is 245 g/mol. The Balaban J connectivity index is 1.62. The number of likely N-dealkylation sites (tertiary alicyclic amines) is 1. The van der Waals surface area contributed by atoms with Gasteiger partial charge < -0.3 is 10.2 Å². The van der Waals surface area contributed by atoms with Crippen molar-refractivity contribution in [1.82, 2.24) is 19.5 Å². The summed E-state index contributed by atoms with van der Waals surface area (Å²) in [4.78, 5) is 6.84. The van der Waals surface area contributed by atoms with E-state index in [-0.39, 0.29) is 0 Å². The summed E-state index contributed by atoms with van der Waals surface area (Å²) in [6, 6.07) is 5.90. The molecular formula is C13H19N5. The van der Waals surface area contributed by atoms with Gasteiger partial charge >= 0.3 is 0 Å². The van der Waals surface area contributed by atoms with Gasteiger partial charge in [0.1, 0.15) is 0 Å². The first kappa shape index (κ1) is 11.5. The van der Waals surface area contributed by atoms with Gasteiger partial charge in [-0.2, -0.15) is 4.98 Å². The molecule has 0 amide bonds. The van der Waals surface area contributed by atoms with Crippen molar-refractivity contribution < 1.29 is 0 Å². The maximum Gasteiger partial charge on any atom is 0.243 e. The lowest BCUT2D eigenvalue weighted by Gasteiger charge is -2.29. The predicted octanol–water partition coefficient (Wildman–Crippen LogP) is 1.48. The lowest BCUT2D eigenvalue weighted by molar-refractivity contribution is 0.217. The molecule has 1 saturated heterocycles. The first-order chi connectivity index (χ1) is 8.81. The molecule has 3 heterocycles. The molecule has 1 unspecified atom stereocenters. The van der Waals surface area contributed by atoms with Gasteiger partial charge in [-0.05, 0) is 44.5 Å². The fourth-order valence-electron chi connectivity index (χ4n) is 2.58. The van der Waals surface area contributed by atoms with Crippen LogP contribution in [0.25, 0.3) is 5.65 Å². The molecule has 0 aliphatic carbocycles. The first-order valence-electron chi connectivity index (χ1n) is 6.55. The number of pyridine rings is 1. The number of nitrogens with one attached hydrogen (secondary N) is 1. The number of anilines is 1. The van der Waals surface area contributed by atoms with Gasteiger partial charge in [-0.1, -0.05) is 6.07 Å². The molecule has 5 nitrogen and oxygen atoms in total. The van der Waals surface area contributed by atoms with Crippen LogP contribution in [0.4, 0.5) is 5.95 Å². The van der Waals surface area contributed by atoms with Crippen LogP contribution in [0.2, 0.25) is 0 Å². The highest BCUT2D eigenvalue weighted by Gasteiger charge is 2.17. The maximum absolute atomic E-state index is 4.44. The minimum atomic E-state index is 0.704. The van der Waals surface area contributed by atoms with Crippen LogP contribution in [0.5, 0.6) is 0 Å². The Labute approximate surface area is 107 Å². The number of rotatable bonds is 3. The minimum absolute atomic E-state index is 0.704. The molecule has 18 heavy (non-hydrogen) atoms. The van der Waals surface area contributed by atoms with E-state index in [4.69, 9.17) is 0 Å². The summed E-state index contributed by atoms with van der Waals surface area (Å²) in [5, 5.41) is 7.75. The van der Waals surface area contributed by atoms with Crippen LogP contribution in [0.1, 0.15) is 12.8 Å². The second kappa shape index (κ2) is 4.94. The van der Waals surface area contributed by atoms with Crippen molar-refractivity contribution in [3.05, 3.63) is 24.4 Å². The Morgan fingerprint density at radius 3 is 3.22 bits per heavy atom. The van der Waals surface area contributed by atoms with Gasteiger partial charge in [0, 0.05) is 19.3 Å². The molecule has 0 spiro atoms. The van der Waals surface area contributed by atoms with Gasteiger partial charge in [0.2, 0.25) is 5.95 Å². The van der Waals surface area contributed by atoms with Crippen LogP contribution in [0.15, 0.2) is 24.4 Å². The SMILES string of the molecule is CN1CCCC(CNc2nc3ccccn3n2)C1. The lowest BCUT2D eigenvalue weighted by atomic mass is 9.99. The second-order valence-electron chi connectivity index (χ2n) is 5.09. The van der Waals surface area contributed by atoms with E-state index in [0.717, 1.165) is 18.1 Å². The van der Waals surface area contributed by atoms with E-state index >= 15 is 0 Å². The lowest BCUT2D eigenvalue weighted by Crippen LogP contribution is -2.35. The summed E-state index contributed by atoms with van der Waals surface area (Å²) < 4.78 is 1.80. The third-order valence-corrected chi connectivity index (χ3v) is 3.51. The topological polar surface area (TPSA) is 45.5 Å². The van der Waals surface area contributed by atoms with Gasteiger partial charge in [0.25, 0.3) is 0 Å². The second-order valence-corrected chi connectivity index (χ2v) is 5.09. The average Bonchev–Trinajstić information content (AvgIpc) is 2.79. The Hall–Kier alpha value is -1.62. The van der Waals surface area contributed by atoms with Crippen LogP contribution in [-0.4, -0.2) is 46.2 Å². The van der Waals surface area contributed by atoms with Crippen molar-refractivity contribution in [2.75, 3.05) is 32.0 Å². The van der Waals surface area contributed by atoms with Crippen LogP contribution in [-0.2, 0) is 0 Å². The Bertz CT molecular complexity index is 488. The summed E-state index contributed by atoms with van der Waals surface area (Å²) in [7, 11) is 2.19. The zero-order valence-electron chi connectivity index (χ0n) is 10.7. The highest BCUT2D eigenvalue weighted by atomic mass is 15.3. The van der Waals surface area contributed by atoms with E-state index in [1.165, 1.54) is 25.9 Å². The van der Waals surface area contributed by atoms with Crippen molar-refractivity contribution >= 4 is 11.6 Å². The van der Waals surface area contributed by atoms with Crippen LogP contribution < -0.4 is 5.32 Å². The van der Waals surface area contributed by atoms with E-state index in [9.17, 15) is 0 Å². The molecule has 96 valence electrons. The van der Waals surface area contributed by atoms with E-state index in [0.29, 0.717) is 5.92 Å². The van der Waals surface area contributed by atoms with Crippen LogP contribution in [0, 0.1) is 5.92 Å². The minimum Gasteiger partial charge on any atom is -0.353 e. The van der Waals surface area contributed by atoms with Gasteiger partial charge in [0.05, 0.1) is 0 Å². The van der Waals surface area contributed by atoms with Crippen molar-refractivity contribution in [1.29, 1.82) is 0 Å². The Morgan fingerprint density at radius 2 is 2.39 bits per heavy atom. The number of hydrogen-bond acceptors (Lipinski definition) is 4. The summed E-state index contributed by atoms with van der Waals surface area (Å²) in [6.07, 6.45) is 4.51. The van der Waals surface area contributed by atoms with Crippen molar-refractivity contribution in [2.45, 2.75) is 12.8 Å². The summed E-state index contributed by atoms with van der Waals surface area (Å²) >= 11 is 0. The molecule has 2 aromatic heterocycles. The highest BCUT2D eigenvalue weighted by molar-refractivity contribution is 5.42. The smallest absolute Gasteiger partial charge is 0.243 e. The maximum atomic E-state index is 4.44. The Morgan fingerprint density at radius 1 is 1.44 bits per heavy atom. The zero-order valence-corrected chi connectivity index (χ0v) is 10.7. The number of fused-ring (bicyclic) bond motifs is 1. The van der Waals surface area contributed by atoms with E-state index < -0.39 is 0 Å². The molecule has 0 saturated carbocycles. The van der Waals surface area contributed by atoms with Gasteiger partial charge in [-0.15, -0.1) is 5.10 Å². The summed E-state index contributed by atoms with van der Waals surface area (Å²) in [6.45, 7) is 3.35. The van der Waals surface area contributed by atoms with Crippen molar-refractivity contribution in [3.8, 4) is 0 Å². The fraction of sp³-hybridized carbons (Fsp3) is 0.538. The molecule has 1 aliphatic rings. The van der Waals surface area contributed by atoms with E-state index in [2.05, 4.69) is 27.3 Å². The first-order valence-corrected chi connectivity index (χ1v) is 6.55. The van der Waals surface area contributed by atoms with Gasteiger partial charge in [-0.25, -0.2) is 4.52 Å². The summed E-state index contributed by atoms with van der Waals surface area (Å²) in [5.41, 5.74) is 0.890. The number of piperidine rings is 1. The van der Waals surface area contributed by atoms with Crippen molar-refractivity contribution in [2.24, 2.45) is 5.92 Å². The number of aromatic nitrogens is 3. The standard InChI is InChI=1S/C13H19N5/c1-17-7-4-5-11(10-17)9-14-13-15-12-6-2-3-8-18(12)16-13/h2-3,6,8,11H,4-5,7,9-10H2,1H3,(H,14,16). The largest absolute Gasteiger partial charge is 0.353 e. The highest BCUT2D eigenvalue weighted by Crippen LogP contribution is 2.15. The number of hydrogen-bond donors (Lipinski definition) is 1. The normalized spacial score (nSPS) is 21.3. The van der Waals surface area contributed by atoms with Gasteiger partial charge in [0.15, 0.2) is 5.65 Å². The number of nitrogens with zero attached hydrogens (tertiary/aromatic N) is 4. The average molecular weight is 245 g/mol.